The molecule has 0 amide bonds. The van der Waals surface area contributed by atoms with Crippen LogP contribution in [0.25, 0.3) is 52.9 Å². The van der Waals surface area contributed by atoms with Crippen molar-refractivity contribution < 1.29 is 46.0 Å². The summed E-state index contributed by atoms with van der Waals surface area (Å²) in [4.78, 5) is 0.741. The van der Waals surface area contributed by atoms with Crippen LogP contribution in [-0.4, -0.2) is 42.2 Å². The number of methoxy groups -OCH3 is 2. The maximum atomic E-state index is 16.6. The van der Waals surface area contributed by atoms with Crippen molar-refractivity contribution in [2.24, 2.45) is 0 Å². The molecule has 0 bridgehead atoms. The van der Waals surface area contributed by atoms with Crippen molar-refractivity contribution >= 4 is 33.8 Å². The average Bonchev–Trinajstić information content (AvgIpc) is 3.84. The van der Waals surface area contributed by atoms with Crippen LogP contribution in [0.4, 0.5) is 26.3 Å². The van der Waals surface area contributed by atoms with Crippen LogP contribution in [0.5, 0.6) is 11.5 Å². The summed E-state index contributed by atoms with van der Waals surface area (Å²) in [6, 6.07) is 28.1. The summed E-state index contributed by atoms with van der Waals surface area (Å²) >= 11 is 1.94. The van der Waals surface area contributed by atoms with Gasteiger partial charge in [-0.1, -0.05) is 60.7 Å². The monoisotopic (exact) mass is 764 g/mol. The number of hydrogen-bond acceptors (Lipinski definition) is 6. The summed E-state index contributed by atoms with van der Waals surface area (Å²) < 4.78 is 109. The SMILES string of the molecule is COc1cccc(-c2cc(C3=C(c4cc(-c5cccc(CO)c5)sc4-c4cccc(CO)c4)C(F)(F)C(F)(F)C3(F)F)c(-c3cccc(OC)c3)s2)c1. The van der Waals surface area contributed by atoms with Crippen molar-refractivity contribution in [3.05, 3.63) is 131 Å². The third kappa shape index (κ3) is 6.13. The second-order valence-electron chi connectivity index (χ2n) is 12.4. The number of ether oxygens (including phenoxy) is 2. The van der Waals surface area contributed by atoms with Gasteiger partial charge < -0.3 is 19.7 Å². The highest BCUT2D eigenvalue weighted by Crippen LogP contribution is 2.67. The Bertz CT molecular complexity index is 2200. The average molecular weight is 765 g/mol. The van der Waals surface area contributed by atoms with E-state index in [2.05, 4.69) is 0 Å². The Kier molecular flexibility index (Phi) is 9.52. The Morgan fingerprint density at radius 1 is 0.509 bits per heavy atom. The van der Waals surface area contributed by atoms with Crippen molar-refractivity contribution in [1.29, 1.82) is 0 Å². The van der Waals surface area contributed by atoms with E-state index in [-0.39, 0.29) is 21.9 Å². The molecule has 0 atom stereocenters. The van der Waals surface area contributed by atoms with E-state index in [0.717, 1.165) is 22.7 Å². The first kappa shape index (κ1) is 36.5. The lowest BCUT2D eigenvalue weighted by Crippen LogP contribution is -2.48. The van der Waals surface area contributed by atoms with Crippen LogP contribution in [0.3, 0.4) is 0 Å². The lowest BCUT2D eigenvalue weighted by molar-refractivity contribution is -0.254. The molecule has 4 nitrogen and oxygen atoms in total. The fourth-order valence-electron chi connectivity index (χ4n) is 6.47. The Hall–Kier alpha value is -4.88. The highest BCUT2D eigenvalue weighted by Gasteiger charge is 2.80. The van der Waals surface area contributed by atoms with Crippen LogP contribution in [0, 0.1) is 0 Å². The summed E-state index contributed by atoms with van der Waals surface area (Å²) in [5, 5.41) is 19.7. The molecule has 1 aliphatic rings. The molecule has 6 aromatic rings. The van der Waals surface area contributed by atoms with E-state index in [4.69, 9.17) is 9.47 Å². The van der Waals surface area contributed by atoms with E-state index >= 15 is 26.3 Å². The van der Waals surface area contributed by atoms with E-state index in [0.29, 0.717) is 49.1 Å². The number of benzene rings is 4. The third-order valence-corrected chi connectivity index (χ3v) is 11.6. The summed E-state index contributed by atoms with van der Waals surface area (Å²) in [6.45, 7) is -0.740. The zero-order chi connectivity index (χ0) is 37.7. The maximum Gasteiger partial charge on any atom is 0.380 e. The molecular formula is C41H30F6O4S2. The second kappa shape index (κ2) is 13.8. The van der Waals surface area contributed by atoms with Crippen molar-refractivity contribution in [2.75, 3.05) is 14.2 Å². The molecule has 272 valence electrons. The zero-order valence-electron chi connectivity index (χ0n) is 28.1. The molecule has 2 heterocycles. The quantitative estimate of drug-likeness (QED) is 0.136. The minimum Gasteiger partial charge on any atom is -0.497 e. The first-order valence-electron chi connectivity index (χ1n) is 16.2. The molecule has 53 heavy (non-hydrogen) atoms. The number of aliphatic hydroxyl groups is 2. The van der Waals surface area contributed by atoms with Gasteiger partial charge in [0.25, 0.3) is 0 Å². The number of rotatable bonds is 10. The molecule has 0 saturated heterocycles. The van der Waals surface area contributed by atoms with Crippen LogP contribution in [-0.2, 0) is 13.2 Å². The van der Waals surface area contributed by atoms with Crippen molar-refractivity contribution in [1.82, 2.24) is 0 Å². The molecule has 7 rings (SSSR count). The predicted octanol–water partition coefficient (Wildman–Crippen LogP) is 11.3. The van der Waals surface area contributed by atoms with Gasteiger partial charge in [-0.2, -0.15) is 26.3 Å². The molecule has 0 radical (unpaired) electrons. The minimum atomic E-state index is -5.82. The Balaban J connectivity index is 1.60. The first-order valence-corrected chi connectivity index (χ1v) is 17.8. The third-order valence-electron chi connectivity index (χ3n) is 9.12. The van der Waals surface area contributed by atoms with E-state index in [1.54, 1.807) is 84.9 Å². The first-order chi connectivity index (χ1) is 25.3. The normalized spacial score (nSPS) is 15.9. The molecule has 1 aliphatic carbocycles. The largest absolute Gasteiger partial charge is 0.497 e. The van der Waals surface area contributed by atoms with Gasteiger partial charge >= 0.3 is 17.8 Å². The number of halogens is 6. The Morgan fingerprint density at radius 3 is 1.34 bits per heavy atom. The van der Waals surface area contributed by atoms with Crippen LogP contribution in [0.15, 0.2) is 109 Å². The van der Waals surface area contributed by atoms with Crippen LogP contribution >= 0.6 is 22.7 Å². The van der Waals surface area contributed by atoms with E-state index in [1.165, 1.54) is 38.5 Å². The van der Waals surface area contributed by atoms with E-state index in [9.17, 15) is 10.2 Å². The van der Waals surface area contributed by atoms with Gasteiger partial charge in [-0.15, -0.1) is 22.7 Å². The number of aliphatic hydroxyl groups excluding tert-OH is 2. The topological polar surface area (TPSA) is 58.9 Å². The van der Waals surface area contributed by atoms with Gasteiger partial charge in [-0.25, -0.2) is 0 Å². The summed E-state index contributed by atoms with van der Waals surface area (Å²) in [5.74, 6) is -15.7. The molecule has 12 heteroatoms. The van der Waals surface area contributed by atoms with Gasteiger partial charge in [-0.3, -0.25) is 0 Å². The maximum absolute atomic E-state index is 16.6. The molecule has 0 saturated carbocycles. The number of hydrogen-bond donors (Lipinski definition) is 2. The molecule has 0 spiro atoms. The Morgan fingerprint density at radius 2 is 0.887 bits per heavy atom. The van der Waals surface area contributed by atoms with Gasteiger partial charge in [0.2, 0.25) is 0 Å². The summed E-state index contributed by atoms with van der Waals surface area (Å²) in [7, 11) is 2.85. The lowest BCUT2D eigenvalue weighted by Gasteiger charge is -2.26. The highest BCUT2D eigenvalue weighted by molar-refractivity contribution is 7.19. The van der Waals surface area contributed by atoms with Crippen LogP contribution in [0.2, 0.25) is 0 Å². The molecular weight excluding hydrogens is 735 g/mol. The van der Waals surface area contributed by atoms with Crippen LogP contribution < -0.4 is 9.47 Å². The van der Waals surface area contributed by atoms with E-state index in [1.807, 2.05) is 0 Å². The summed E-state index contributed by atoms with van der Waals surface area (Å²) in [6.07, 6.45) is 0. The number of thiophene rings is 2. The van der Waals surface area contributed by atoms with Gasteiger partial charge in [0.1, 0.15) is 11.5 Å². The molecule has 0 fully saturated rings. The molecule has 0 aliphatic heterocycles. The van der Waals surface area contributed by atoms with Gasteiger partial charge in [0, 0.05) is 41.8 Å². The van der Waals surface area contributed by atoms with Gasteiger partial charge in [0.15, 0.2) is 0 Å². The molecule has 4 aromatic carbocycles. The fourth-order valence-corrected chi connectivity index (χ4v) is 8.79. The highest BCUT2D eigenvalue weighted by atomic mass is 32.1. The van der Waals surface area contributed by atoms with Crippen molar-refractivity contribution in [3.63, 3.8) is 0 Å². The van der Waals surface area contributed by atoms with Crippen LogP contribution in [0.1, 0.15) is 22.3 Å². The summed E-state index contributed by atoms with van der Waals surface area (Å²) in [5.41, 5.74) is -1.58. The molecule has 2 N–H and O–H groups in total. The molecule has 2 aromatic heterocycles. The molecule has 0 unspecified atom stereocenters. The lowest BCUT2D eigenvalue weighted by atomic mass is 9.91. The predicted molar refractivity (Wildman–Crippen MR) is 197 cm³/mol. The fraction of sp³-hybridized carbons (Fsp3) is 0.171. The van der Waals surface area contributed by atoms with Gasteiger partial charge in [-0.05, 0) is 81.9 Å². The minimum absolute atomic E-state index is 0.0246. The number of allylic oxidation sites excluding steroid dienone is 2. The number of alkyl halides is 6. The van der Waals surface area contributed by atoms with Gasteiger partial charge in [0.05, 0.1) is 27.4 Å². The Labute approximate surface area is 308 Å². The smallest absolute Gasteiger partial charge is 0.380 e. The van der Waals surface area contributed by atoms with Crippen molar-refractivity contribution in [3.8, 4) is 53.3 Å². The van der Waals surface area contributed by atoms with E-state index < -0.39 is 46.6 Å². The standard InChI is InChI=1S/C41H30F6O4S2/c1-50-29-13-5-10-26(17-29)34-20-32(38(53-34)28-12-6-14-30(18-28)51-2)36-35(39(42,43)41(46,47)40(36,44)45)31-19-33(25-9-3-7-23(15-25)21-48)52-37(31)27-11-4-8-24(16-27)22-49/h3-20,48-49H,21-22H2,1-2H3. The zero-order valence-corrected chi connectivity index (χ0v) is 29.7. The second-order valence-corrected chi connectivity index (χ2v) is 14.5. The van der Waals surface area contributed by atoms with Crippen molar-refractivity contribution in [2.45, 2.75) is 31.0 Å².